The normalized spacial score (nSPS) is 11.0. The van der Waals surface area contributed by atoms with E-state index in [1.165, 1.54) is 7.11 Å². The summed E-state index contributed by atoms with van der Waals surface area (Å²) in [5.74, 6) is 1.06. The van der Waals surface area contributed by atoms with Crippen LogP contribution in [0.2, 0.25) is 0 Å². The maximum Gasteiger partial charge on any atom is 0.258 e. The average Bonchev–Trinajstić information content (AvgIpc) is 2.77. The number of hydrogen-bond acceptors (Lipinski definition) is 5. The highest BCUT2D eigenvalue weighted by molar-refractivity contribution is 6.10. The van der Waals surface area contributed by atoms with Gasteiger partial charge in [0.05, 0.1) is 20.8 Å². The second-order valence-corrected chi connectivity index (χ2v) is 6.54. The predicted octanol–water partition coefficient (Wildman–Crippen LogP) is 3.81. The van der Waals surface area contributed by atoms with Crippen molar-refractivity contribution in [1.29, 1.82) is 0 Å². The van der Waals surface area contributed by atoms with Crippen LogP contribution in [0.3, 0.4) is 0 Å². The number of aromatic nitrogens is 1. The van der Waals surface area contributed by atoms with Crippen LogP contribution in [0.25, 0.3) is 0 Å². The Morgan fingerprint density at radius 1 is 1.00 bits per heavy atom. The molecule has 0 saturated carbocycles. The fourth-order valence-electron chi connectivity index (χ4n) is 2.79. The summed E-state index contributed by atoms with van der Waals surface area (Å²) < 4.78 is 10.5. The highest BCUT2D eigenvalue weighted by Crippen LogP contribution is 2.27. The van der Waals surface area contributed by atoms with Crippen LogP contribution in [0, 0.1) is 6.92 Å². The summed E-state index contributed by atoms with van der Waals surface area (Å²) in [4.78, 5) is 21.4. The number of aryl methyl sites for hydroxylation is 1. The molecule has 0 unspecified atom stereocenters. The topological polar surface area (TPSA) is 84.8 Å². The fraction of sp³-hybridized carbons (Fsp3) is 0.174. The predicted molar refractivity (Wildman–Crippen MR) is 117 cm³/mol. The Kier molecular flexibility index (Phi) is 7.00. The first-order valence-corrected chi connectivity index (χ1v) is 9.39. The average molecular weight is 404 g/mol. The molecule has 3 rings (SSSR count). The van der Waals surface area contributed by atoms with E-state index in [9.17, 15) is 4.79 Å². The summed E-state index contributed by atoms with van der Waals surface area (Å²) in [7, 11) is 3.08. The summed E-state index contributed by atoms with van der Waals surface area (Å²) in [5.41, 5.74) is 3.33. The number of carbonyl (C=O) groups excluding carboxylic acids is 1. The maximum atomic E-state index is 12.9. The summed E-state index contributed by atoms with van der Waals surface area (Å²) in [6.45, 7) is 2.39. The van der Waals surface area contributed by atoms with E-state index in [1.54, 1.807) is 37.7 Å². The van der Waals surface area contributed by atoms with Gasteiger partial charge in [-0.3, -0.25) is 15.1 Å². The number of pyridine rings is 1. The summed E-state index contributed by atoms with van der Waals surface area (Å²) in [6.07, 6.45) is 3.42. The van der Waals surface area contributed by atoms with E-state index in [2.05, 4.69) is 20.6 Å². The van der Waals surface area contributed by atoms with Crippen LogP contribution < -0.4 is 20.1 Å². The van der Waals surface area contributed by atoms with Gasteiger partial charge in [-0.25, -0.2) is 4.99 Å². The molecular weight excluding hydrogens is 380 g/mol. The van der Waals surface area contributed by atoms with E-state index in [0.717, 1.165) is 16.8 Å². The Hall–Kier alpha value is -3.87. The molecule has 0 aliphatic carbocycles. The lowest BCUT2D eigenvalue weighted by Gasteiger charge is -2.13. The molecule has 1 heterocycles. The van der Waals surface area contributed by atoms with Gasteiger partial charge in [0.25, 0.3) is 5.91 Å². The second kappa shape index (κ2) is 10.1. The first-order valence-electron chi connectivity index (χ1n) is 9.39. The summed E-state index contributed by atoms with van der Waals surface area (Å²) in [5, 5.41) is 6.04. The lowest BCUT2D eigenvalue weighted by atomic mass is 10.2. The Bertz CT molecular complexity index is 1040. The maximum absolute atomic E-state index is 12.9. The van der Waals surface area contributed by atoms with Crippen molar-refractivity contribution >= 4 is 17.6 Å². The fourth-order valence-corrected chi connectivity index (χ4v) is 2.79. The van der Waals surface area contributed by atoms with E-state index in [4.69, 9.17) is 9.47 Å². The molecule has 0 atom stereocenters. The van der Waals surface area contributed by atoms with Gasteiger partial charge in [-0.15, -0.1) is 0 Å². The number of ether oxygens (including phenoxy) is 2. The zero-order valence-corrected chi connectivity index (χ0v) is 17.2. The minimum Gasteiger partial charge on any atom is -0.493 e. The molecule has 0 aliphatic rings. The highest BCUT2D eigenvalue weighted by Gasteiger charge is 2.13. The van der Waals surface area contributed by atoms with E-state index < -0.39 is 0 Å². The van der Waals surface area contributed by atoms with Crippen molar-refractivity contribution in [2.45, 2.75) is 13.5 Å². The third-order valence-electron chi connectivity index (χ3n) is 4.33. The molecule has 1 amide bonds. The van der Waals surface area contributed by atoms with Crippen LogP contribution in [0.5, 0.6) is 11.5 Å². The van der Waals surface area contributed by atoms with E-state index in [1.807, 2.05) is 43.3 Å². The van der Waals surface area contributed by atoms with Gasteiger partial charge in [0, 0.05) is 23.6 Å². The minimum absolute atomic E-state index is 0.315. The number of benzene rings is 2. The van der Waals surface area contributed by atoms with E-state index in [-0.39, 0.29) is 5.91 Å². The third-order valence-corrected chi connectivity index (χ3v) is 4.33. The number of rotatable bonds is 6. The van der Waals surface area contributed by atoms with Gasteiger partial charge >= 0.3 is 0 Å². The molecule has 3 aromatic rings. The lowest BCUT2D eigenvalue weighted by Crippen LogP contribution is -2.36. The Labute approximate surface area is 175 Å². The molecule has 7 nitrogen and oxygen atoms in total. The van der Waals surface area contributed by atoms with Gasteiger partial charge < -0.3 is 14.8 Å². The Morgan fingerprint density at radius 2 is 1.77 bits per heavy atom. The molecule has 1 aromatic heterocycles. The van der Waals surface area contributed by atoms with E-state index in [0.29, 0.717) is 29.6 Å². The van der Waals surface area contributed by atoms with Crippen molar-refractivity contribution < 1.29 is 14.3 Å². The van der Waals surface area contributed by atoms with Gasteiger partial charge in [0.1, 0.15) is 0 Å². The molecule has 7 heteroatoms. The number of carbonyl (C=O) groups is 1. The number of aliphatic imine (C=N–C) groups is 1. The van der Waals surface area contributed by atoms with Gasteiger partial charge in [-0.2, -0.15) is 0 Å². The molecule has 0 saturated heterocycles. The quantitative estimate of drug-likeness (QED) is 0.482. The van der Waals surface area contributed by atoms with E-state index >= 15 is 0 Å². The van der Waals surface area contributed by atoms with Crippen LogP contribution in [-0.2, 0) is 6.54 Å². The molecule has 2 aromatic carbocycles. The first kappa shape index (κ1) is 20.9. The molecular formula is C23H24N4O3. The van der Waals surface area contributed by atoms with Crippen LogP contribution in [0.15, 0.2) is 72.0 Å². The monoisotopic (exact) mass is 404 g/mol. The number of guanidine groups is 1. The zero-order chi connectivity index (χ0) is 21.3. The van der Waals surface area contributed by atoms with Crippen molar-refractivity contribution in [3.8, 4) is 11.5 Å². The van der Waals surface area contributed by atoms with Gasteiger partial charge in [-0.05, 0) is 60.5 Å². The van der Waals surface area contributed by atoms with Crippen molar-refractivity contribution in [3.05, 3.63) is 83.7 Å². The zero-order valence-electron chi connectivity index (χ0n) is 17.2. The van der Waals surface area contributed by atoms with Crippen molar-refractivity contribution in [1.82, 2.24) is 10.3 Å². The number of nitrogens with zero attached hydrogens (tertiary/aromatic N) is 2. The summed E-state index contributed by atoms with van der Waals surface area (Å²) in [6, 6.07) is 16.6. The lowest BCUT2D eigenvalue weighted by molar-refractivity contribution is 0.0976. The molecule has 2 N–H and O–H groups in total. The molecule has 30 heavy (non-hydrogen) atoms. The highest BCUT2D eigenvalue weighted by atomic mass is 16.5. The number of nitrogens with one attached hydrogen (secondary N) is 2. The molecule has 154 valence electrons. The molecule has 0 aliphatic heterocycles. The number of methoxy groups -OCH3 is 2. The Morgan fingerprint density at radius 3 is 2.47 bits per heavy atom. The van der Waals surface area contributed by atoms with Crippen molar-refractivity contribution in [2.75, 3.05) is 19.5 Å². The van der Waals surface area contributed by atoms with Gasteiger partial charge in [0.15, 0.2) is 11.5 Å². The molecule has 0 fully saturated rings. The van der Waals surface area contributed by atoms with Crippen molar-refractivity contribution in [2.24, 2.45) is 4.99 Å². The van der Waals surface area contributed by atoms with Crippen LogP contribution in [0.4, 0.5) is 5.69 Å². The minimum atomic E-state index is -0.315. The van der Waals surface area contributed by atoms with Gasteiger partial charge in [0.2, 0.25) is 5.96 Å². The second-order valence-electron chi connectivity index (χ2n) is 6.54. The van der Waals surface area contributed by atoms with Crippen LogP contribution in [-0.4, -0.2) is 31.1 Å². The number of amides is 1. The number of anilines is 1. The van der Waals surface area contributed by atoms with Crippen LogP contribution in [0.1, 0.15) is 21.5 Å². The third kappa shape index (κ3) is 5.57. The van der Waals surface area contributed by atoms with Gasteiger partial charge in [-0.1, -0.05) is 12.1 Å². The molecule has 0 bridgehead atoms. The first-order chi connectivity index (χ1) is 14.6. The smallest absolute Gasteiger partial charge is 0.258 e. The SMILES string of the molecule is COc1ccc(C(=O)NC(=NCc2ccncc2)Nc2cccc(C)c2)cc1OC. The van der Waals surface area contributed by atoms with Crippen molar-refractivity contribution in [3.63, 3.8) is 0 Å². The molecule has 0 radical (unpaired) electrons. The Balaban J connectivity index is 1.83. The molecule has 0 spiro atoms. The largest absolute Gasteiger partial charge is 0.493 e. The standard InChI is InChI=1S/C23H24N4O3/c1-16-5-4-6-19(13-16)26-23(25-15-17-9-11-24-12-10-17)27-22(28)18-7-8-20(29-2)21(14-18)30-3/h4-14H,15H2,1-3H3,(H2,25,26,27,28). The number of hydrogen-bond donors (Lipinski definition) is 2. The summed E-state index contributed by atoms with van der Waals surface area (Å²) >= 11 is 0. The van der Waals surface area contributed by atoms with Crippen LogP contribution >= 0.6 is 0 Å².